The van der Waals surface area contributed by atoms with Crippen LogP contribution in [0.5, 0.6) is 0 Å². The number of carbonyl (C=O) groups is 1. The van der Waals surface area contributed by atoms with E-state index in [0.717, 1.165) is 19.4 Å². The molecule has 0 spiro atoms. The molecule has 0 aromatic heterocycles. The number of halogens is 1. The minimum atomic E-state index is -0.0694. The van der Waals surface area contributed by atoms with Crippen LogP contribution in [0.25, 0.3) is 0 Å². The molecule has 5 heteroatoms. The number of rotatable bonds is 2. The standard InChI is InChI=1S/C14H17N3O.ClH/c1-10-13(3-2-8-16-10)17-14(18)12-6-4-11(9-15)5-7-12;/h4-7,10,13,16H,2-3,8H2,1H3,(H,17,18);1H. The first-order chi connectivity index (χ1) is 8.70. The lowest BCUT2D eigenvalue weighted by Gasteiger charge is -2.30. The molecule has 1 aliphatic heterocycles. The van der Waals surface area contributed by atoms with Gasteiger partial charge in [-0.25, -0.2) is 0 Å². The van der Waals surface area contributed by atoms with Crippen LogP contribution in [0.4, 0.5) is 0 Å². The molecule has 0 radical (unpaired) electrons. The highest BCUT2D eigenvalue weighted by atomic mass is 35.5. The van der Waals surface area contributed by atoms with E-state index in [-0.39, 0.29) is 24.4 Å². The number of benzene rings is 1. The van der Waals surface area contributed by atoms with Gasteiger partial charge in [0.15, 0.2) is 0 Å². The Hall–Kier alpha value is -1.57. The van der Waals surface area contributed by atoms with Crippen molar-refractivity contribution in [1.29, 1.82) is 5.26 Å². The largest absolute Gasteiger partial charge is 0.348 e. The summed E-state index contributed by atoms with van der Waals surface area (Å²) in [6.45, 7) is 3.10. The van der Waals surface area contributed by atoms with Crippen LogP contribution in [0.2, 0.25) is 0 Å². The van der Waals surface area contributed by atoms with E-state index in [0.29, 0.717) is 17.2 Å². The van der Waals surface area contributed by atoms with Gasteiger partial charge in [0.1, 0.15) is 0 Å². The normalized spacial score (nSPS) is 21.9. The van der Waals surface area contributed by atoms with Gasteiger partial charge < -0.3 is 10.6 Å². The quantitative estimate of drug-likeness (QED) is 0.868. The summed E-state index contributed by atoms with van der Waals surface area (Å²) in [5.74, 6) is -0.0694. The average Bonchev–Trinajstić information content (AvgIpc) is 2.41. The topological polar surface area (TPSA) is 64.9 Å². The molecule has 2 rings (SSSR count). The molecule has 1 aromatic rings. The Morgan fingerprint density at radius 1 is 1.42 bits per heavy atom. The number of nitriles is 1. The Labute approximate surface area is 119 Å². The zero-order valence-electron chi connectivity index (χ0n) is 10.8. The molecule has 19 heavy (non-hydrogen) atoms. The van der Waals surface area contributed by atoms with Crippen LogP contribution in [-0.4, -0.2) is 24.5 Å². The van der Waals surface area contributed by atoms with Gasteiger partial charge in [-0.1, -0.05) is 0 Å². The van der Waals surface area contributed by atoms with Crippen molar-refractivity contribution in [3.05, 3.63) is 35.4 Å². The van der Waals surface area contributed by atoms with Gasteiger partial charge in [0.05, 0.1) is 11.6 Å². The number of nitrogens with one attached hydrogen (secondary N) is 2. The van der Waals surface area contributed by atoms with E-state index in [2.05, 4.69) is 17.6 Å². The molecule has 1 fully saturated rings. The molecule has 0 saturated carbocycles. The lowest BCUT2D eigenvalue weighted by Crippen LogP contribution is -2.51. The highest BCUT2D eigenvalue weighted by Crippen LogP contribution is 2.10. The Morgan fingerprint density at radius 3 is 2.68 bits per heavy atom. The highest BCUT2D eigenvalue weighted by molar-refractivity contribution is 5.94. The maximum absolute atomic E-state index is 12.0. The third-order valence-corrected chi connectivity index (χ3v) is 3.35. The smallest absolute Gasteiger partial charge is 0.251 e. The Bertz CT molecular complexity index is 467. The van der Waals surface area contributed by atoms with Gasteiger partial charge in [-0.2, -0.15) is 5.26 Å². The Morgan fingerprint density at radius 2 is 2.11 bits per heavy atom. The molecule has 0 aliphatic carbocycles. The van der Waals surface area contributed by atoms with Gasteiger partial charge in [0, 0.05) is 17.6 Å². The summed E-state index contributed by atoms with van der Waals surface area (Å²) in [5.41, 5.74) is 1.17. The van der Waals surface area contributed by atoms with Gasteiger partial charge >= 0.3 is 0 Å². The third kappa shape index (κ3) is 3.95. The summed E-state index contributed by atoms with van der Waals surface area (Å²) >= 11 is 0. The van der Waals surface area contributed by atoms with Crippen molar-refractivity contribution < 1.29 is 4.79 Å². The van der Waals surface area contributed by atoms with Crippen molar-refractivity contribution in [2.24, 2.45) is 0 Å². The molecule has 2 N–H and O–H groups in total. The van der Waals surface area contributed by atoms with Crippen molar-refractivity contribution in [2.75, 3.05) is 6.54 Å². The maximum Gasteiger partial charge on any atom is 0.251 e. The summed E-state index contributed by atoms with van der Waals surface area (Å²) < 4.78 is 0. The molecule has 0 bridgehead atoms. The SMILES string of the molecule is CC1NCCCC1NC(=O)c1ccc(C#N)cc1.Cl. The molecule has 2 unspecified atom stereocenters. The van der Waals surface area contributed by atoms with Gasteiger partial charge in [0.2, 0.25) is 0 Å². The summed E-state index contributed by atoms with van der Waals surface area (Å²) in [4.78, 5) is 12.0. The zero-order valence-corrected chi connectivity index (χ0v) is 11.7. The second-order valence-electron chi connectivity index (χ2n) is 4.65. The zero-order chi connectivity index (χ0) is 13.0. The van der Waals surface area contributed by atoms with E-state index in [1.54, 1.807) is 24.3 Å². The molecule has 4 nitrogen and oxygen atoms in total. The molecule has 1 aliphatic rings. The average molecular weight is 280 g/mol. The van der Waals surface area contributed by atoms with Crippen LogP contribution in [0.1, 0.15) is 35.7 Å². The molecule has 1 saturated heterocycles. The highest BCUT2D eigenvalue weighted by Gasteiger charge is 2.22. The monoisotopic (exact) mass is 279 g/mol. The Kier molecular flexibility index (Phi) is 5.81. The first-order valence-corrected chi connectivity index (χ1v) is 6.25. The molecule has 1 heterocycles. The minimum Gasteiger partial charge on any atom is -0.348 e. The summed E-state index contributed by atoms with van der Waals surface area (Å²) in [5, 5.41) is 15.1. The fourth-order valence-electron chi connectivity index (χ4n) is 2.19. The first-order valence-electron chi connectivity index (χ1n) is 6.25. The molecule has 1 aromatic carbocycles. The van der Waals surface area contributed by atoms with E-state index in [4.69, 9.17) is 5.26 Å². The van der Waals surface area contributed by atoms with Crippen LogP contribution in [-0.2, 0) is 0 Å². The maximum atomic E-state index is 12.0. The van der Waals surface area contributed by atoms with E-state index in [1.807, 2.05) is 6.07 Å². The van der Waals surface area contributed by atoms with Crippen molar-refractivity contribution in [3.8, 4) is 6.07 Å². The molecule has 102 valence electrons. The van der Waals surface area contributed by atoms with Gasteiger partial charge in [-0.15, -0.1) is 12.4 Å². The molecular formula is C14H18ClN3O. The van der Waals surface area contributed by atoms with Crippen LogP contribution in [0, 0.1) is 11.3 Å². The number of nitrogens with zero attached hydrogens (tertiary/aromatic N) is 1. The van der Waals surface area contributed by atoms with E-state index >= 15 is 0 Å². The van der Waals surface area contributed by atoms with Crippen molar-refractivity contribution >= 4 is 18.3 Å². The first kappa shape index (κ1) is 15.5. The van der Waals surface area contributed by atoms with Gasteiger partial charge in [0.25, 0.3) is 5.91 Å². The summed E-state index contributed by atoms with van der Waals surface area (Å²) in [6, 6.07) is 9.24. The fraction of sp³-hybridized carbons (Fsp3) is 0.429. The van der Waals surface area contributed by atoms with Crippen LogP contribution in [0.15, 0.2) is 24.3 Å². The molecule has 1 amide bonds. The second kappa shape index (κ2) is 7.13. The van der Waals surface area contributed by atoms with Crippen molar-refractivity contribution in [3.63, 3.8) is 0 Å². The second-order valence-corrected chi connectivity index (χ2v) is 4.65. The molecule has 2 atom stereocenters. The van der Waals surface area contributed by atoms with Crippen molar-refractivity contribution in [1.82, 2.24) is 10.6 Å². The number of amides is 1. The van der Waals surface area contributed by atoms with Gasteiger partial charge in [-0.05, 0) is 50.6 Å². The summed E-state index contributed by atoms with van der Waals surface area (Å²) in [7, 11) is 0. The lowest BCUT2D eigenvalue weighted by molar-refractivity contribution is 0.0920. The number of hydrogen-bond acceptors (Lipinski definition) is 3. The number of carbonyl (C=O) groups excluding carboxylic acids is 1. The summed E-state index contributed by atoms with van der Waals surface area (Å²) in [6.07, 6.45) is 2.10. The van der Waals surface area contributed by atoms with E-state index < -0.39 is 0 Å². The van der Waals surface area contributed by atoms with Crippen LogP contribution < -0.4 is 10.6 Å². The predicted molar refractivity (Wildman–Crippen MR) is 76.4 cm³/mol. The lowest BCUT2D eigenvalue weighted by atomic mass is 9.99. The van der Waals surface area contributed by atoms with Gasteiger partial charge in [-0.3, -0.25) is 4.79 Å². The molecular weight excluding hydrogens is 262 g/mol. The van der Waals surface area contributed by atoms with E-state index in [1.165, 1.54) is 0 Å². The van der Waals surface area contributed by atoms with E-state index in [9.17, 15) is 4.79 Å². The fourth-order valence-corrected chi connectivity index (χ4v) is 2.19. The van der Waals surface area contributed by atoms with Crippen LogP contribution >= 0.6 is 12.4 Å². The number of piperidine rings is 1. The predicted octanol–water partition coefficient (Wildman–Crippen LogP) is 1.85. The third-order valence-electron chi connectivity index (χ3n) is 3.35. The van der Waals surface area contributed by atoms with Crippen LogP contribution in [0.3, 0.4) is 0 Å². The number of hydrogen-bond donors (Lipinski definition) is 2. The minimum absolute atomic E-state index is 0. The van der Waals surface area contributed by atoms with Crippen molar-refractivity contribution in [2.45, 2.75) is 31.8 Å². The Balaban J connectivity index is 0.00000180.